The Labute approximate surface area is 136 Å². The molecule has 0 aliphatic heterocycles. The number of para-hydroxylation sites is 1. The number of ether oxygens (including phenoxy) is 1. The Hall–Kier alpha value is -2.79. The Balaban J connectivity index is 2.23. The number of aromatic carboxylic acids is 1. The van der Waals surface area contributed by atoms with E-state index in [9.17, 15) is 14.7 Å². The van der Waals surface area contributed by atoms with Crippen LogP contribution in [0.2, 0.25) is 5.02 Å². The van der Waals surface area contributed by atoms with Crippen LogP contribution in [0.3, 0.4) is 0 Å². The monoisotopic (exact) mass is 329 g/mol. The second-order valence-electron chi connectivity index (χ2n) is 4.88. The van der Waals surface area contributed by atoms with Gasteiger partial charge >= 0.3 is 5.97 Å². The van der Waals surface area contributed by atoms with Crippen molar-refractivity contribution in [2.24, 2.45) is 0 Å². The average molecular weight is 330 g/mol. The highest BCUT2D eigenvalue weighted by atomic mass is 35.5. The lowest BCUT2D eigenvalue weighted by molar-refractivity contribution is 0.0699. The standard InChI is InChI=1S/C17H12ClNO4/c1-23-15-7-6-10(18)8-12(15)16(20)19-9-13(17(21)22)11-4-2-3-5-14(11)19/h2-9H,1H3,(H,21,22). The number of carbonyl (C=O) groups excluding carboxylic acids is 1. The third kappa shape index (κ3) is 2.55. The molecule has 1 heterocycles. The van der Waals surface area contributed by atoms with Gasteiger partial charge in [0.15, 0.2) is 0 Å². The molecule has 0 radical (unpaired) electrons. The molecule has 2 aromatic carbocycles. The van der Waals surface area contributed by atoms with E-state index in [-0.39, 0.29) is 11.1 Å². The lowest BCUT2D eigenvalue weighted by atomic mass is 10.1. The smallest absolute Gasteiger partial charge is 0.337 e. The van der Waals surface area contributed by atoms with Gasteiger partial charge in [0.25, 0.3) is 5.91 Å². The van der Waals surface area contributed by atoms with E-state index in [4.69, 9.17) is 16.3 Å². The Morgan fingerprint density at radius 3 is 2.57 bits per heavy atom. The molecule has 5 nitrogen and oxygen atoms in total. The van der Waals surface area contributed by atoms with Crippen molar-refractivity contribution >= 4 is 34.4 Å². The van der Waals surface area contributed by atoms with Gasteiger partial charge in [-0.15, -0.1) is 0 Å². The van der Waals surface area contributed by atoms with Crippen LogP contribution < -0.4 is 4.74 Å². The lowest BCUT2D eigenvalue weighted by Gasteiger charge is -2.09. The number of hydrogen-bond acceptors (Lipinski definition) is 3. The number of carboxylic acids is 1. The van der Waals surface area contributed by atoms with Crippen LogP contribution in [0, 0.1) is 0 Å². The molecule has 1 aromatic heterocycles. The predicted molar refractivity (Wildman–Crippen MR) is 86.6 cm³/mol. The predicted octanol–water partition coefficient (Wildman–Crippen LogP) is 3.69. The fourth-order valence-corrected chi connectivity index (χ4v) is 2.67. The first kappa shape index (κ1) is 15.1. The topological polar surface area (TPSA) is 68.5 Å². The minimum Gasteiger partial charge on any atom is -0.496 e. The number of methoxy groups -OCH3 is 1. The van der Waals surface area contributed by atoms with Crippen LogP contribution in [0.15, 0.2) is 48.7 Å². The van der Waals surface area contributed by atoms with E-state index in [0.29, 0.717) is 21.7 Å². The van der Waals surface area contributed by atoms with Gasteiger partial charge in [-0.25, -0.2) is 4.79 Å². The van der Waals surface area contributed by atoms with Crippen molar-refractivity contribution in [1.29, 1.82) is 0 Å². The van der Waals surface area contributed by atoms with Crippen molar-refractivity contribution in [3.05, 3.63) is 64.8 Å². The Morgan fingerprint density at radius 2 is 1.87 bits per heavy atom. The van der Waals surface area contributed by atoms with Crippen molar-refractivity contribution in [3.8, 4) is 5.75 Å². The summed E-state index contributed by atoms with van der Waals surface area (Å²) in [4.78, 5) is 24.3. The van der Waals surface area contributed by atoms with Crippen LogP contribution in [0.5, 0.6) is 5.75 Å². The minimum absolute atomic E-state index is 0.0648. The van der Waals surface area contributed by atoms with Crippen LogP contribution in [-0.2, 0) is 0 Å². The summed E-state index contributed by atoms with van der Waals surface area (Å²) >= 11 is 5.97. The molecule has 3 aromatic rings. The van der Waals surface area contributed by atoms with Gasteiger partial charge in [-0.3, -0.25) is 9.36 Å². The molecule has 0 unspecified atom stereocenters. The number of hydrogen-bond donors (Lipinski definition) is 1. The second-order valence-corrected chi connectivity index (χ2v) is 5.32. The van der Waals surface area contributed by atoms with Gasteiger partial charge in [0.1, 0.15) is 5.75 Å². The normalized spacial score (nSPS) is 10.7. The average Bonchev–Trinajstić information content (AvgIpc) is 2.94. The maximum atomic E-state index is 12.9. The quantitative estimate of drug-likeness (QED) is 0.795. The molecule has 6 heteroatoms. The largest absolute Gasteiger partial charge is 0.496 e. The second kappa shape index (κ2) is 5.78. The molecule has 0 saturated carbocycles. The van der Waals surface area contributed by atoms with Gasteiger partial charge in [-0.05, 0) is 24.3 Å². The number of aromatic nitrogens is 1. The van der Waals surface area contributed by atoms with E-state index in [1.165, 1.54) is 23.9 Å². The third-order valence-corrected chi connectivity index (χ3v) is 3.79. The SMILES string of the molecule is COc1ccc(Cl)cc1C(=O)n1cc(C(=O)O)c2ccccc21. The molecule has 23 heavy (non-hydrogen) atoms. The molecule has 116 valence electrons. The van der Waals surface area contributed by atoms with E-state index >= 15 is 0 Å². The molecule has 0 aliphatic rings. The van der Waals surface area contributed by atoms with Gasteiger partial charge in [-0.2, -0.15) is 0 Å². The molecule has 0 bridgehead atoms. The van der Waals surface area contributed by atoms with Gasteiger partial charge in [0.2, 0.25) is 0 Å². The number of carboxylic acid groups (broad SMARTS) is 1. The summed E-state index contributed by atoms with van der Waals surface area (Å²) in [6, 6.07) is 11.5. The zero-order valence-corrected chi connectivity index (χ0v) is 12.9. The number of benzene rings is 2. The van der Waals surface area contributed by atoms with Crippen LogP contribution in [0.25, 0.3) is 10.9 Å². The van der Waals surface area contributed by atoms with Crippen LogP contribution in [0.1, 0.15) is 20.7 Å². The van der Waals surface area contributed by atoms with E-state index in [0.717, 1.165) is 0 Å². The molecule has 0 saturated heterocycles. The highest BCUT2D eigenvalue weighted by Gasteiger charge is 2.21. The van der Waals surface area contributed by atoms with Crippen molar-refractivity contribution in [2.45, 2.75) is 0 Å². The number of halogens is 1. The molecule has 0 amide bonds. The molecule has 0 fully saturated rings. The first-order valence-corrected chi connectivity index (χ1v) is 7.12. The highest BCUT2D eigenvalue weighted by Crippen LogP contribution is 2.27. The number of fused-ring (bicyclic) bond motifs is 1. The van der Waals surface area contributed by atoms with Crippen molar-refractivity contribution in [1.82, 2.24) is 4.57 Å². The van der Waals surface area contributed by atoms with E-state index in [1.54, 1.807) is 36.4 Å². The summed E-state index contributed by atoms with van der Waals surface area (Å²) in [5.74, 6) is -1.13. The number of carbonyl (C=O) groups is 2. The number of nitrogens with zero attached hydrogens (tertiary/aromatic N) is 1. The summed E-state index contributed by atoms with van der Waals surface area (Å²) in [5, 5.41) is 10.2. The maximum Gasteiger partial charge on any atom is 0.337 e. The summed E-state index contributed by atoms with van der Waals surface area (Å²) in [5.41, 5.74) is 0.838. The number of rotatable bonds is 3. The van der Waals surface area contributed by atoms with E-state index in [2.05, 4.69) is 0 Å². The highest BCUT2D eigenvalue weighted by molar-refractivity contribution is 6.31. The minimum atomic E-state index is -1.09. The lowest BCUT2D eigenvalue weighted by Crippen LogP contribution is -2.12. The summed E-state index contributed by atoms with van der Waals surface area (Å²) in [6.07, 6.45) is 1.32. The Morgan fingerprint density at radius 1 is 1.13 bits per heavy atom. The van der Waals surface area contributed by atoms with Gasteiger partial charge in [0, 0.05) is 16.6 Å². The molecular weight excluding hydrogens is 318 g/mol. The summed E-state index contributed by atoms with van der Waals surface area (Å²) in [6.45, 7) is 0. The summed E-state index contributed by atoms with van der Waals surface area (Å²) in [7, 11) is 1.45. The fraction of sp³-hybridized carbons (Fsp3) is 0.0588. The van der Waals surface area contributed by atoms with Crippen molar-refractivity contribution in [3.63, 3.8) is 0 Å². The van der Waals surface area contributed by atoms with E-state index in [1.807, 2.05) is 0 Å². The maximum absolute atomic E-state index is 12.9. The zero-order valence-electron chi connectivity index (χ0n) is 12.1. The van der Waals surface area contributed by atoms with Gasteiger partial charge in [-0.1, -0.05) is 29.8 Å². The molecule has 0 atom stereocenters. The first-order chi connectivity index (χ1) is 11.0. The molecule has 1 N–H and O–H groups in total. The Kier molecular flexibility index (Phi) is 3.80. The molecule has 0 aliphatic carbocycles. The fourth-order valence-electron chi connectivity index (χ4n) is 2.50. The van der Waals surface area contributed by atoms with Crippen molar-refractivity contribution < 1.29 is 19.4 Å². The van der Waals surface area contributed by atoms with Gasteiger partial charge < -0.3 is 9.84 Å². The van der Waals surface area contributed by atoms with Crippen molar-refractivity contribution in [2.75, 3.05) is 7.11 Å². The van der Waals surface area contributed by atoms with Gasteiger partial charge in [0.05, 0.1) is 23.8 Å². The summed E-state index contributed by atoms with van der Waals surface area (Å²) < 4.78 is 6.50. The zero-order chi connectivity index (χ0) is 16.6. The van der Waals surface area contributed by atoms with E-state index < -0.39 is 11.9 Å². The molecule has 0 spiro atoms. The first-order valence-electron chi connectivity index (χ1n) is 6.74. The third-order valence-electron chi connectivity index (χ3n) is 3.55. The molecule has 3 rings (SSSR count). The molecular formula is C17H12ClNO4. The van der Waals surface area contributed by atoms with Crippen LogP contribution >= 0.6 is 11.6 Å². The van der Waals surface area contributed by atoms with Crippen LogP contribution in [-0.4, -0.2) is 28.7 Å². The Bertz CT molecular complexity index is 929. The van der Waals surface area contributed by atoms with Crippen LogP contribution in [0.4, 0.5) is 0 Å².